The van der Waals surface area contributed by atoms with Crippen molar-refractivity contribution in [1.82, 2.24) is 0 Å². The quantitative estimate of drug-likeness (QED) is 0.770. The van der Waals surface area contributed by atoms with Gasteiger partial charge in [-0.1, -0.05) is 31.9 Å². The first-order valence-electron chi connectivity index (χ1n) is 8.10. The van der Waals surface area contributed by atoms with Crippen LogP contribution in [0.3, 0.4) is 0 Å². The van der Waals surface area contributed by atoms with Crippen LogP contribution < -0.4 is 14.2 Å². The molecule has 0 fully saturated rings. The Labute approximate surface area is 142 Å². The molecular formula is C18H21NO4S. The maximum absolute atomic E-state index is 12.5. The lowest BCUT2D eigenvalue weighted by atomic mass is 10.1. The molecule has 0 radical (unpaired) electrons. The highest BCUT2D eigenvalue weighted by Crippen LogP contribution is 2.34. The van der Waals surface area contributed by atoms with Gasteiger partial charge in [-0.2, -0.15) is 0 Å². The topological polar surface area (TPSA) is 64.6 Å². The number of aryl methyl sites for hydroxylation is 1. The summed E-state index contributed by atoms with van der Waals surface area (Å²) < 4.78 is 38.0. The van der Waals surface area contributed by atoms with E-state index in [1.54, 1.807) is 30.3 Å². The lowest BCUT2D eigenvalue weighted by Gasteiger charge is -2.09. The molecule has 0 aliphatic carbocycles. The normalized spacial score (nSPS) is 13.0. The minimum atomic E-state index is -3.62. The second kappa shape index (κ2) is 7.13. The van der Waals surface area contributed by atoms with Crippen LogP contribution in [0.25, 0.3) is 0 Å². The first kappa shape index (κ1) is 16.6. The molecule has 1 aliphatic rings. The third-order valence-corrected chi connectivity index (χ3v) is 5.32. The molecule has 2 aromatic carbocycles. The highest BCUT2D eigenvalue weighted by atomic mass is 32.2. The molecular weight excluding hydrogens is 326 g/mol. The van der Waals surface area contributed by atoms with E-state index >= 15 is 0 Å². The van der Waals surface area contributed by atoms with Crippen molar-refractivity contribution in [3.63, 3.8) is 0 Å². The van der Waals surface area contributed by atoms with Gasteiger partial charge in [0.15, 0.2) is 11.5 Å². The van der Waals surface area contributed by atoms with Crippen LogP contribution in [0, 0.1) is 0 Å². The second-order valence-corrected chi connectivity index (χ2v) is 7.46. The minimum Gasteiger partial charge on any atom is -0.454 e. The number of hydrogen-bond acceptors (Lipinski definition) is 4. The highest BCUT2D eigenvalue weighted by molar-refractivity contribution is 7.92. The molecule has 0 saturated heterocycles. The fraction of sp³-hybridized carbons (Fsp3) is 0.333. The fourth-order valence-corrected chi connectivity index (χ4v) is 3.64. The Morgan fingerprint density at radius 3 is 2.50 bits per heavy atom. The van der Waals surface area contributed by atoms with Crippen LogP contribution in [0.15, 0.2) is 47.4 Å². The predicted molar refractivity (Wildman–Crippen MR) is 93.0 cm³/mol. The van der Waals surface area contributed by atoms with E-state index in [0.717, 1.165) is 18.4 Å². The smallest absolute Gasteiger partial charge is 0.261 e. The Hall–Kier alpha value is -2.21. The molecule has 1 N–H and O–H groups in total. The minimum absolute atomic E-state index is 0.158. The molecule has 5 nitrogen and oxygen atoms in total. The average molecular weight is 347 g/mol. The van der Waals surface area contributed by atoms with Gasteiger partial charge >= 0.3 is 0 Å². The maximum atomic E-state index is 12.5. The first-order chi connectivity index (χ1) is 11.6. The monoisotopic (exact) mass is 347 g/mol. The lowest BCUT2D eigenvalue weighted by molar-refractivity contribution is 0.174. The highest BCUT2D eigenvalue weighted by Gasteiger charge is 2.17. The summed E-state index contributed by atoms with van der Waals surface area (Å²) in [6.07, 6.45) is 4.46. The maximum Gasteiger partial charge on any atom is 0.261 e. The van der Waals surface area contributed by atoms with Gasteiger partial charge in [0, 0.05) is 6.07 Å². The molecule has 0 amide bonds. The molecule has 0 unspecified atom stereocenters. The summed E-state index contributed by atoms with van der Waals surface area (Å²) in [5.41, 5.74) is 1.61. The largest absolute Gasteiger partial charge is 0.454 e. The van der Waals surface area contributed by atoms with Crippen LogP contribution in [-0.4, -0.2) is 15.2 Å². The Kier molecular flexibility index (Phi) is 4.94. The van der Waals surface area contributed by atoms with Gasteiger partial charge in [-0.15, -0.1) is 0 Å². The van der Waals surface area contributed by atoms with E-state index in [1.165, 1.54) is 12.8 Å². The summed E-state index contributed by atoms with van der Waals surface area (Å²) in [5.74, 6) is 1.16. The third kappa shape index (κ3) is 3.82. The van der Waals surface area contributed by atoms with Gasteiger partial charge in [-0.05, 0) is 42.7 Å². The number of unbranched alkanes of at least 4 members (excludes halogenated alkanes) is 2. The van der Waals surface area contributed by atoms with Crippen LogP contribution in [0.5, 0.6) is 11.5 Å². The zero-order valence-corrected chi connectivity index (χ0v) is 14.4. The Morgan fingerprint density at radius 1 is 1.00 bits per heavy atom. The molecule has 1 aliphatic heterocycles. The van der Waals surface area contributed by atoms with E-state index in [9.17, 15) is 8.42 Å². The molecule has 0 bridgehead atoms. The molecule has 1 heterocycles. The summed E-state index contributed by atoms with van der Waals surface area (Å²) >= 11 is 0. The van der Waals surface area contributed by atoms with Gasteiger partial charge in [0.25, 0.3) is 10.0 Å². The molecule has 3 rings (SSSR count). The van der Waals surface area contributed by atoms with E-state index in [4.69, 9.17) is 9.47 Å². The summed E-state index contributed by atoms with van der Waals surface area (Å²) in [6.45, 7) is 2.32. The number of ether oxygens (including phenoxy) is 2. The number of fused-ring (bicyclic) bond motifs is 1. The summed E-state index contributed by atoms with van der Waals surface area (Å²) in [5, 5.41) is 0. The summed E-state index contributed by atoms with van der Waals surface area (Å²) in [4.78, 5) is 0.249. The van der Waals surface area contributed by atoms with Crippen molar-refractivity contribution in [3.05, 3.63) is 48.0 Å². The van der Waals surface area contributed by atoms with E-state index < -0.39 is 10.0 Å². The summed E-state index contributed by atoms with van der Waals surface area (Å²) in [7, 11) is -3.62. The third-order valence-electron chi connectivity index (χ3n) is 3.93. The van der Waals surface area contributed by atoms with Crippen LogP contribution in [0.2, 0.25) is 0 Å². The van der Waals surface area contributed by atoms with Crippen molar-refractivity contribution in [2.24, 2.45) is 0 Å². The SMILES string of the molecule is CCCCCc1ccc(S(=O)(=O)Nc2ccc3c(c2)OCO3)cc1. The van der Waals surface area contributed by atoms with Crippen LogP contribution in [0.4, 0.5) is 5.69 Å². The molecule has 0 saturated carbocycles. The fourth-order valence-electron chi connectivity index (χ4n) is 2.59. The number of hydrogen-bond donors (Lipinski definition) is 1. The van der Waals surface area contributed by atoms with Gasteiger partial charge in [0.05, 0.1) is 10.6 Å². The standard InChI is InChI=1S/C18H21NO4S/c1-2-3-4-5-14-6-9-16(10-7-14)24(20,21)19-15-8-11-17-18(12-15)23-13-22-17/h6-12,19H,2-5,13H2,1H3. The van der Waals surface area contributed by atoms with E-state index in [-0.39, 0.29) is 11.7 Å². The van der Waals surface area contributed by atoms with Crippen LogP contribution in [-0.2, 0) is 16.4 Å². The summed E-state index contributed by atoms with van der Waals surface area (Å²) in [6, 6.07) is 12.0. The number of sulfonamides is 1. The zero-order chi connectivity index (χ0) is 17.0. The molecule has 6 heteroatoms. The second-order valence-electron chi connectivity index (χ2n) is 5.77. The molecule has 0 aromatic heterocycles. The Balaban J connectivity index is 1.71. The van der Waals surface area contributed by atoms with E-state index in [2.05, 4.69) is 11.6 Å². The molecule has 0 spiro atoms. The molecule has 0 atom stereocenters. The van der Waals surface area contributed by atoms with Crippen molar-refractivity contribution in [3.8, 4) is 11.5 Å². The average Bonchev–Trinajstić information content (AvgIpc) is 3.03. The van der Waals surface area contributed by atoms with Crippen molar-refractivity contribution in [1.29, 1.82) is 0 Å². The Morgan fingerprint density at radius 2 is 1.75 bits per heavy atom. The number of benzene rings is 2. The molecule has 24 heavy (non-hydrogen) atoms. The van der Waals surface area contributed by atoms with Gasteiger partial charge in [0.2, 0.25) is 6.79 Å². The van der Waals surface area contributed by atoms with Gasteiger partial charge in [-0.25, -0.2) is 8.42 Å². The predicted octanol–water partition coefficient (Wildman–Crippen LogP) is 3.95. The lowest BCUT2D eigenvalue weighted by Crippen LogP contribution is -2.12. The van der Waals surface area contributed by atoms with E-state index in [0.29, 0.717) is 17.2 Å². The number of rotatable bonds is 7. The van der Waals surface area contributed by atoms with Crippen LogP contribution in [0.1, 0.15) is 31.7 Å². The van der Waals surface area contributed by atoms with Crippen molar-refractivity contribution < 1.29 is 17.9 Å². The van der Waals surface area contributed by atoms with Gasteiger partial charge in [0.1, 0.15) is 0 Å². The van der Waals surface area contributed by atoms with Crippen molar-refractivity contribution in [2.75, 3.05) is 11.5 Å². The molecule has 128 valence electrons. The van der Waals surface area contributed by atoms with Gasteiger partial charge < -0.3 is 9.47 Å². The number of anilines is 1. The Bertz CT molecular complexity index is 800. The first-order valence-corrected chi connectivity index (χ1v) is 9.58. The number of nitrogens with one attached hydrogen (secondary N) is 1. The molecule has 2 aromatic rings. The van der Waals surface area contributed by atoms with Gasteiger partial charge in [-0.3, -0.25) is 4.72 Å². The van der Waals surface area contributed by atoms with Crippen LogP contribution >= 0.6 is 0 Å². The van der Waals surface area contributed by atoms with Crippen molar-refractivity contribution >= 4 is 15.7 Å². The zero-order valence-electron chi connectivity index (χ0n) is 13.6. The van der Waals surface area contributed by atoms with Crippen molar-refractivity contribution in [2.45, 2.75) is 37.5 Å². The van der Waals surface area contributed by atoms with E-state index in [1.807, 2.05) is 12.1 Å².